The van der Waals surface area contributed by atoms with E-state index in [1.807, 2.05) is 11.3 Å². The predicted octanol–water partition coefficient (Wildman–Crippen LogP) is 3.87. The minimum atomic E-state index is 0.731. The molecule has 0 bridgehead atoms. The zero-order valence-corrected chi connectivity index (χ0v) is 13.4. The molecule has 0 aromatic carbocycles. The number of nitrogens with zero attached hydrogens (tertiary/aromatic N) is 1. The maximum atomic E-state index is 3.52. The van der Waals surface area contributed by atoms with Crippen LogP contribution in [0.4, 0.5) is 0 Å². The first-order valence-corrected chi connectivity index (χ1v) is 8.53. The van der Waals surface area contributed by atoms with Gasteiger partial charge in [0.2, 0.25) is 0 Å². The van der Waals surface area contributed by atoms with Crippen molar-refractivity contribution in [3.8, 4) is 0 Å². The van der Waals surface area contributed by atoms with Gasteiger partial charge in [0.25, 0.3) is 0 Å². The number of thiophene rings is 1. The van der Waals surface area contributed by atoms with Crippen LogP contribution >= 0.6 is 11.3 Å². The Labute approximate surface area is 122 Å². The van der Waals surface area contributed by atoms with Crippen LogP contribution in [0.15, 0.2) is 12.1 Å². The molecule has 0 aliphatic heterocycles. The first kappa shape index (κ1) is 15.0. The van der Waals surface area contributed by atoms with Crippen molar-refractivity contribution in [1.29, 1.82) is 0 Å². The van der Waals surface area contributed by atoms with Crippen LogP contribution in [0.5, 0.6) is 0 Å². The van der Waals surface area contributed by atoms with Crippen LogP contribution in [0.3, 0.4) is 0 Å². The summed E-state index contributed by atoms with van der Waals surface area (Å²) in [5, 5.41) is 3.52. The fraction of sp³-hybridized carbons (Fsp3) is 0.750. The van der Waals surface area contributed by atoms with Crippen LogP contribution in [-0.2, 0) is 13.1 Å². The lowest BCUT2D eigenvalue weighted by molar-refractivity contribution is 0.257. The van der Waals surface area contributed by atoms with Crippen molar-refractivity contribution in [2.24, 2.45) is 5.92 Å². The van der Waals surface area contributed by atoms with E-state index in [4.69, 9.17) is 0 Å². The molecule has 0 radical (unpaired) electrons. The molecule has 1 saturated carbocycles. The van der Waals surface area contributed by atoms with Crippen molar-refractivity contribution >= 4 is 11.3 Å². The van der Waals surface area contributed by atoms with Gasteiger partial charge in [-0.25, -0.2) is 0 Å². The predicted molar refractivity (Wildman–Crippen MR) is 84.6 cm³/mol. The third-order valence-corrected chi connectivity index (χ3v) is 4.57. The summed E-state index contributed by atoms with van der Waals surface area (Å²) in [6.45, 7) is 11.3. The molecule has 1 aromatic rings. The van der Waals surface area contributed by atoms with Gasteiger partial charge < -0.3 is 5.32 Å². The van der Waals surface area contributed by atoms with Crippen molar-refractivity contribution in [3.05, 3.63) is 21.9 Å². The van der Waals surface area contributed by atoms with Crippen molar-refractivity contribution in [2.75, 3.05) is 13.1 Å². The molecule has 1 aromatic heterocycles. The van der Waals surface area contributed by atoms with Gasteiger partial charge in [-0.3, -0.25) is 4.90 Å². The second-order valence-corrected chi connectivity index (χ2v) is 7.35. The SMILES string of the molecule is CCCN(Cc1ccc(CNCC(C)C)s1)C1CC1. The Balaban J connectivity index is 1.79. The second-order valence-electron chi connectivity index (χ2n) is 6.09. The van der Waals surface area contributed by atoms with E-state index in [9.17, 15) is 0 Å². The Hall–Kier alpha value is -0.380. The molecule has 19 heavy (non-hydrogen) atoms. The van der Waals surface area contributed by atoms with E-state index in [1.54, 1.807) is 0 Å². The average Bonchev–Trinajstić information content (AvgIpc) is 3.11. The Morgan fingerprint density at radius 1 is 1.32 bits per heavy atom. The summed E-state index contributed by atoms with van der Waals surface area (Å²) >= 11 is 1.98. The maximum Gasteiger partial charge on any atom is 0.0330 e. The van der Waals surface area contributed by atoms with Crippen LogP contribution in [0.1, 0.15) is 49.8 Å². The van der Waals surface area contributed by atoms with Gasteiger partial charge in [-0.05, 0) is 50.4 Å². The van der Waals surface area contributed by atoms with Gasteiger partial charge >= 0.3 is 0 Å². The molecule has 0 amide bonds. The number of rotatable bonds is 9. The van der Waals surface area contributed by atoms with Crippen molar-refractivity contribution in [2.45, 2.75) is 59.2 Å². The fourth-order valence-electron chi connectivity index (χ4n) is 2.40. The summed E-state index contributed by atoms with van der Waals surface area (Å²) in [4.78, 5) is 5.67. The first-order chi connectivity index (χ1) is 9.19. The van der Waals surface area contributed by atoms with Crippen molar-refractivity contribution < 1.29 is 0 Å². The number of hydrogen-bond acceptors (Lipinski definition) is 3. The quantitative estimate of drug-likeness (QED) is 0.739. The van der Waals surface area contributed by atoms with Gasteiger partial charge in [-0.2, -0.15) is 0 Å². The van der Waals surface area contributed by atoms with Gasteiger partial charge in [-0.15, -0.1) is 11.3 Å². The minimum absolute atomic E-state index is 0.731. The van der Waals surface area contributed by atoms with Crippen LogP contribution in [0, 0.1) is 5.92 Å². The number of nitrogens with one attached hydrogen (secondary N) is 1. The first-order valence-electron chi connectivity index (χ1n) is 7.71. The van der Waals surface area contributed by atoms with E-state index in [0.29, 0.717) is 0 Å². The average molecular weight is 280 g/mol. The maximum absolute atomic E-state index is 3.52. The largest absolute Gasteiger partial charge is 0.312 e. The summed E-state index contributed by atoms with van der Waals surface area (Å²) in [5.74, 6) is 0.731. The molecule has 1 heterocycles. The summed E-state index contributed by atoms with van der Waals surface area (Å²) in [7, 11) is 0. The van der Waals surface area contributed by atoms with E-state index in [1.165, 1.54) is 35.6 Å². The monoisotopic (exact) mass is 280 g/mol. The van der Waals surface area contributed by atoms with E-state index in [-0.39, 0.29) is 0 Å². The minimum Gasteiger partial charge on any atom is -0.312 e. The highest BCUT2D eigenvalue weighted by Crippen LogP contribution is 2.29. The van der Waals surface area contributed by atoms with E-state index in [2.05, 4.69) is 43.1 Å². The molecule has 2 rings (SSSR count). The molecule has 0 saturated heterocycles. The molecule has 1 aliphatic carbocycles. The molecule has 0 atom stereocenters. The topological polar surface area (TPSA) is 15.3 Å². The summed E-state index contributed by atoms with van der Waals surface area (Å²) < 4.78 is 0. The van der Waals surface area contributed by atoms with E-state index in [0.717, 1.165) is 31.6 Å². The highest BCUT2D eigenvalue weighted by atomic mass is 32.1. The highest BCUT2D eigenvalue weighted by molar-refractivity contribution is 7.11. The van der Waals surface area contributed by atoms with Crippen molar-refractivity contribution in [3.63, 3.8) is 0 Å². The fourth-order valence-corrected chi connectivity index (χ4v) is 3.42. The van der Waals surface area contributed by atoms with Crippen molar-refractivity contribution in [1.82, 2.24) is 10.2 Å². The van der Waals surface area contributed by atoms with Gasteiger partial charge in [0.1, 0.15) is 0 Å². The van der Waals surface area contributed by atoms with Gasteiger partial charge in [0, 0.05) is 28.9 Å². The molecule has 3 heteroatoms. The molecule has 108 valence electrons. The third kappa shape index (κ3) is 5.25. The normalized spacial score (nSPS) is 15.6. The lowest BCUT2D eigenvalue weighted by atomic mass is 10.2. The van der Waals surface area contributed by atoms with E-state index >= 15 is 0 Å². The summed E-state index contributed by atoms with van der Waals surface area (Å²) in [6, 6.07) is 5.50. The standard InChI is InChI=1S/C16H28N2S/c1-4-9-18(14-5-6-14)12-16-8-7-15(19-16)11-17-10-13(2)3/h7-8,13-14,17H,4-6,9-12H2,1-3H3. The van der Waals surface area contributed by atoms with Gasteiger partial charge in [0.05, 0.1) is 0 Å². The highest BCUT2D eigenvalue weighted by Gasteiger charge is 2.28. The van der Waals surface area contributed by atoms with Crippen LogP contribution in [-0.4, -0.2) is 24.0 Å². The third-order valence-electron chi connectivity index (χ3n) is 3.50. The van der Waals surface area contributed by atoms with Gasteiger partial charge in [0.15, 0.2) is 0 Å². The Bertz CT molecular complexity index is 369. The Morgan fingerprint density at radius 2 is 2.05 bits per heavy atom. The van der Waals surface area contributed by atoms with Crippen LogP contribution in [0.25, 0.3) is 0 Å². The zero-order chi connectivity index (χ0) is 13.7. The lowest BCUT2D eigenvalue weighted by Gasteiger charge is -2.20. The molecule has 0 spiro atoms. The molecule has 2 nitrogen and oxygen atoms in total. The zero-order valence-electron chi connectivity index (χ0n) is 12.6. The smallest absolute Gasteiger partial charge is 0.0330 e. The van der Waals surface area contributed by atoms with Gasteiger partial charge in [-0.1, -0.05) is 20.8 Å². The Morgan fingerprint density at radius 3 is 2.68 bits per heavy atom. The number of hydrogen-bond donors (Lipinski definition) is 1. The summed E-state index contributed by atoms with van der Waals surface area (Å²) in [5.41, 5.74) is 0. The molecular weight excluding hydrogens is 252 g/mol. The van der Waals surface area contributed by atoms with Crippen LogP contribution in [0.2, 0.25) is 0 Å². The second kappa shape index (κ2) is 7.41. The molecular formula is C16H28N2S. The molecule has 0 unspecified atom stereocenters. The van der Waals surface area contributed by atoms with E-state index < -0.39 is 0 Å². The molecule has 1 fully saturated rings. The molecule has 1 aliphatic rings. The summed E-state index contributed by atoms with van der Waals surface area (Å²) in [6.07, 6.45) is 4.09. The molecule has 1 N–H and O–H groups in total. The Kier molecular flexibility index (Phi) is 5.86. The van der Waals surface area contributed by atoms with Crippen LogP contribution < -0.4 is 5.32 Å². The lowest BCUT2D eigenvalue weighted by Crippen LogP contribution is -2.25.